The van der Waals surface area contributed by atoms with Crippen molar-refractivity contribution in [3.63, 3.8) is 0 Å². The van der Waals surface area contributed by atoms with Crippen molar-refractivity contribution in [2.24, 2.45) is 0 Å². The predicted molar refractivity (Wildman–Crippen MR) is 177 cm³/mol. The molecule has 0 aliphatic rings. The van der Waals surface area contributed by atoms with Crippen LogP contribution in [0.25, 0.3) is 88.1 Å². The number of nitrogens with zero attached hydrogens (tertiary/aromatic N) is 2. The SMILES string of the molecule is c1ccc2c(c1)sc1ccc(-n3c4ccccc4c4c5c6cccnc6sc5c5c6ccccc6sc5c43)cc12. The Morgan fingerprint density at radius 2 is 1.23 bits per heavy atom. The first-order valence-electron chi connectivity index (χ1n) is 13.3. The van der Waals surface area contributed by atoms with Crippen molar-refractivity contribution in [3.8, 4) is 5.69 Å². The lowest BCUT2D eigenvalue weighted by atomic mass is 10.0. The minimum atomic E-state index is 1.10. The predicted octanol–water partition coefficient (Wildman–Crippen LogP) is 11.3. The molecule has 0 bridgehead atoms. The molecule has 10 aromatic rings. The molecule has 10 rings (SSSR count). The van der Waals surface area contributed by atoms with Crippen molar-refractivity contribution in [2.45, 2.75) is 0 Å². The molecule has 0 saturated heterocycles. The van der Waals surface area contributed by atoms with Crippen LogP contribution in [0.1, 0.15) is 0 Å². The smallest absolute Gasteiger partial charge is 0.124 e. The Morgan fingerprint density at radius 1 is 0.500 bits per heavy atom. The first-order valence-corrected chi connectivity index (χ1v) is 15.8. The van der Waals surface area contributed by atoms with Crippen molar-refractivity contribution >= 4 is 116 Å². The van der Waals surface area contributed by atoms with Gasteiger partial charge in [0.1, 0.15) is 4.83 Å². The number of thiophene rings is 3. The topological polar surface area (TPSA) is 17.8 Å². The highest BCUT2D eigenvalue weighted by Gasteiger charge is 2.24. The molecular formula is C35H18N2S3. The third-order valence-electron chi connectivity index (χ3n) is 8.25. The van der Waals surface area contributed by atoms with E-state index in [1.807, 2.05) is 40.2 Å². The van der Waals surface area contributed by atoms with Gasteiger partial charge < -0.3 is 4.57 Å². The molecule has 0 aliphatic heterocycles. The molecule has 0 N–H and O–H groups in total. The monoisotopic (exact) mass is 562 g/mol. The van der Waals surface area contributed by atoms with Gasteiger partial charge in [0, 0.05) is 73.8 Å². The molecule has 5 heterocycles. The van der Waals surface area contributed by atoms with Crippen molar-refractivity contribution in [3.05, 3.63) is 109 Å². The maximum Gasteiger partial charge on any atom is 0.124 e. The van der Waals surface area contributed by atoms with Gasteiger partial charge in [0.15, 0.2) is 0 Å². The van der Waals surface area contributed by atoms with Crippen LogP contribution in [0.5, 0.6) is 0 Å². The van der Waals surface area contributed by atoms with Crippen molar-refractivity contribution < 1.29 is 0 Å². The molecule has 40 heavy (non-hydrogen) atoms. The first-order chi connectivity index (χ1) is 19.8. The van der Waals surface area contributed by atoms with Crippen LogP contribution in [-0.4, -0.2) is 9.55 Å². The van der Waals surface area contributed by atoms with Crippen LogP contribution in [0, 0.1) is 0 Å². The van der Waals surface area contributed by atoms with E-state index in [0.29, 0.717) is 0 Å². The Labute approximate surface area is 240 Å². The van der Waals surface area contributed by atoms with Gasteiger partial charge >= 0.3 is 0 Å². The minimum absolute atomic E-state index is 1.10. The van der Waals surface area contributed by atoms with Gasteiger partial charge in [-0.05, 0) is 48.5 Å². The lowest BCUT2D eigenvalue weighted by Crippen LogP contribution is -1.93. The average Bonchev–Trinajstić information content (AvgIpc) is 3.75. The van der Waals surface area contributed by atoms with E-state index in [9.17, 15) is 0 Å². The Hall–Kier alpha value is -4.29. The molecule has 0 unspecified atom stereocenters. The largest absolute Gasteiger partial charge is 0.308 e. The summed E-state index contributed by atoms with van der Waals surface area (Å²) in [6.07, 6.45) is 1.92. The van der Waals surface area contributed by atoms with Crippen molar-refractivity contribution in [1.29, 1.82) is 0 Å². The zero-order valence-corrected chi connectivity index (χ0v) is 23.5. The van der Waals surface area contributed by atoms with Crippen LogP contribution in [0.2, 0.25) is 0 Å². The minimum Gasteiger partial charge on any atom is -0.308 e. The molecule has 0 radical (unpaired) electrons. The van der Waals surface area contributed by atoms with Gasteiger partial charge in [0.2, 0.25) is 0 Å². The Kier molecular flexibility index (Phi) is 4.13. The van der Waals surface area contributed by atoms with E-state index < -0.39 is 0 Å². The molecular weight excluding hydrogens is 545 g/mol. The van der Waals surface area contributed by atoms with E-state index in [-0.39, 0.29) is 0 Å². The van der Waals surface area contributed by atoms with Gasteiger partial charge in [-0.25, -0.2) is 4.98 Å². The van der Waals surface area contributed by atoms with Gasteiger partial charge in [-0.2, -0.15) is 0 Å². The molecule has 0 saturated carbocycles. The van der Waals surface area contributed by atoms with E-state index in [0.717, 1.165) is 4.83 Å². The molecule has 2 nitrogen and oxygen atoms in total. The summed E-state index contributed by atoms with van der Waals surface area (Å²) in [5.41, 5.74) is 3.75. The third kappa shape index (κ3) is 2.65. The highest BCUT2D eigenvalue weighted by atomic mass is 32.1. The maximum absolute atomic E-state index is 4.81. The van der Waals surface area contributed by atoms with Gasteiger partial charge in [-0.3, -0.25) is 0 Å². The lowest BCUT2D eigenvalue weighted by molar-refractivity contribution is 1.20. The molecule has 5 heteroatoms. The number of rotatable bonds is 1. The fourth-order valence-electron chi connectivity index (χ4n) is 6.62. The highest BCUT2D eigenvalue weighted by molar-refractivity contribution is 7.30. The number of para-hydroxylation sites is 1. The molecule has 0 atom stereocenters. The summed E-state index contributed by atoms with van der Waals surface area (Å²) >= 11 is 5.62. The van der Waals surface area contributed by atoms with Crippen LogP contribution in [0.15, 0.2) is 109 Å². The quantitative estimate of drug-likeness (QED) is 0.195. The van der Waals surface area contributed by atoms with Gasteiger partial charge in [0.05, 0.1) is 15.7 Å². The molecule has 0 amide bonds. The number of pyridine rings is 1. The van der Waals surface area contributed by atoms with E-state index in [1.54, 1.807) is 0 Å². The number of hydrogen-bond donors (Lipinski definition) is 0. The average molecular weight is 563 g/mol. The third-order valence-corrected chi connectivity index (χ3v) is 11.7. The summed E-state index contributed by atoms with van der Waals surface area (Å²) in [6.45, 7) is 0. The lowest BCUT2D eigenvalue weighted by Gasteiger charge is -2.10. The van der Waals surface area contributed by atoms with Crippen molar-refractivity contribution in [2.75, 3.05) is 0 Å². The zero-order chi connectivity index (χ0) is 25.9. The second-order valence-electron chi connectivity index (χ2n) is 10.3. The number of benzene rings is 5. The van der Waals surface area contributed by atoms with Crippen LogP contribution in [0.3, 0.4) is 0 Å². The van der Waals surface area contributed by atoms with Gasteiger partial charge in [-0.1, -0.05) is 54.6 Å². The van der Waals surface area contributed by atoms with Crippen molar-refractivity contribution in [1.82, 2.24) is 9.55 Å². The second-order valence-corrected chi connectivity index (χ2v) is 13.5. The highest BCUT2D eigenvalue weighted by Crippen LogP contribution is 2.51. The molecule has 5 aromatic carbocycles. The fourth-order valence-corrected chi connectivity index (χ4v) is 10.2. The van der Waals surface area contributed by atoms with Gasteiger partial charge in [-0.15, -0.1) is 34.0 Å². The summed E-state index contributed by atoms with van der Waals surface area (Å²) in [5.74, 6) is 0. The van der Waals surface area contributed by atoms with E-state index in [4.69, 9.17) is 4.98 Å². The fraction of sp³-hybridized carbons (Fsp3) is 0. The van der Waals surface area contributed by atoms with Crippen LogP contribution < -0.4 is 0 Å². The summed E-state index contributed by atoms with van der Waals surface area (Å²) in [4.78, 5) is 5.92. The second kappa shape index (κ2) is 7.67. The summed E-state index contributed by atoms with van der Waals surface area (Å²) in [5, 5.41) is 10.5. The van der Waals surface area contributed by atoms with E-state index in [1.165, 1.54) is 83.3 Å². The molecule has 0 aliphatic carbocycles. The van der Waals surface area contributed by atoms with Crippen LogP contribution in [-0.2, 0) is 0 Å². The Bertz CT molecular complexity index is 2660. The zero-order valence-electron chi connectivity index (χ0n) is 21.0. The number of fused-ring (bicyclic) bond motifs is 15. The van der Waals surface area contributed by atoms with Crippen LogP contribution >= 0.6 is 34.0 Å². The normalized spacial score (nSPS) is 12.5. The first kappa shape index (κ1) is 21.5. The number of hydrogen-bond acceptors (Lipinski definition) is 4. The Morgan fingerprint density at radius 3 is 2.12 bits per heavy atom. The molecule has 0 fully saturated rings. The molecule has 186 valence electrons. The maximum atomic E-state index is 4.81. The van der Waals surface area contributed by atoms with E-state index in [2.05, 4.69) is 108 Å². The molecule has 0 spiro atoms. The molecule has 5 aromatic heterocycles. The number of aromatic nitrogens is 2. The van der Waals surface area contributed by atoms with E-state index >= 15 is 0 Å². The summed E-state index contributed by atoms with van der Waals surface area (Å²) in [7, 11) is 0. The van der Waals surface area contributed by atoms with Gasteiger partial charge in [0.25, 0.3) is 0 Å². The summed E-state index contributed by atoms with van der Waals surface area (Å²) < 4.78 is 9.20. The summed E-state index contributed by atoms with van der Waals surface area (Å²) in [6, 6.07) is 37.9. The standard InChI is InChI=1S/C35H18N2S3/c1-4-12-25-21(9-1)29-30-23-11-7-17-36-35(23)40-33(30)31-22-10-3-6-14-27(22)39-34(31)32(29)37(25)19-15-16-28-24(18-19)20-8-2-5-13-26(20)38-28/h1-18H. The Balaban J connectivity index is 1.50. The van der Waals surface area contributed by atoms with Crippen LogP contribution in [0.4, 0.5) is 0 Å².